The minimum atomic E-state index is -0.333. The highest BCUT2D eigenvalue weighted by molar-refractivity contribution is 5.83. The fourth-order valence-electron chi connectivity index (χ4n) is 4.48. The van der Waals surface area contributed by atoms with Gasteiger partial charge in [-0.3, -0.25) is 14.4 Å². The molecule has 186 valence electrons. The van der Waals surface area contributed by atoms with Gasteiger partial charge in [-0.15, -0.1) is 0 Å². The number of ketones is 1. The maximum absolute atomic E-state index is 13.0. The highest BCUT2D eigenvalue weighted by atomic mass is 16.4. The van der Waals surface area contributed by atoms with Gasteiger partial charge in [-0.2, -0.15) is 0 Å². The van der Waals surface area contributed by atoms with Crippen molar-refractivity contribution >= 4 is 22.6 Å². The van der Waals surface area contributed by atoms with Crippen molar-refractivity contribution in [1.82, 2.24) is 20.2 Å². The van der Waals surface area contributed by atoms with E-state index in [0.717, 1.165) is 35.7 Å². The molecule has 1 aromatic carbocycles. The number of fused-ring (bicyclic) bond motifs is 1. The van der Waals surface area contributed by atoms with Gasteiger partial charge in [0.25, 0.3) is 5.56 Å². The molecule has 1 amide bonds. The number of unbranched alkanes of at least 4 members (excludes halogenated alkanes) is 2. The van der Waals surface area contributed by atoms with Gasteiger partial charge in [-0.05, 0) is 43.4 Å². The number of aryl methyl sites for hydroxylation is 1. The van der Waals surface area contributed by atoms with E-state index in [9.17, 15) is 14.4 Å². The van der Waals surface area contributed by atoms with Gasteiger partial charge < -0.3 is 19.6 Å². The van der Waals surface area contributed by atoms with Crippen LogP contribution >= 0.6 is 0 Å². The Morgan fingerprint density at radius 3 is 2.71 bits per heavy atom. The van der Waals surface area contributed by atoms with Crippen molar-refractivity contribution in [2.45, 2.75) is 58.4 Å². The number of nitrogens with one attached hydrogen (secondary N) is 2. The molecule has 0 aliphatic carbocycles. The minimum Gasteiger partial charge on any atom is -0.438 e. The Bertz CT molecular complexity index is 1260. The first-order valence-corrected chi connectivity index (χ1v) is 12.5. The minimum absolute atomic E-state index is 0.0364. The van der Waals surface area contributed by atoms with Crippen molar-refractivity contribution in [3.63, 3.8) is 0 Å². The number of aromatic amines is 1. The lowest BCUT2D eigenvalue weighted by atomic mass is 9.99. The van der Waals surface area contributed by atoms with E-state index >= 15 is 0 Å². The maximum Gasteiger partial charge on any atom is 0.259 e. The molecule has 0 saturated carbocycles. The summed E-state index contributed by atoms with van der Waals surface area (Å²) in [5.41, 5.74) is 2.03. The third kappa shape index (κ3) is 5.70. The van der Waals surface area contributed by atoms with Gasteiger partial charge in [-0.1, -0.05) is 31.4 Å². The molecule has 2 N–H and O–H groups in total. The second-order valence-corrected chi connectivity index (χ2v) is 9.48. The molecule has 3 heterocycles. The molecule has 0 radical (unpaired) electrons. The van der Waals surface area contributed by atoms with Crippen LogP contribution in [0.15, 0.2) is 39.7 Å². The zero-order valence-corrected chi connectivity index (χ0v) is 20.7. The van der Waals surface area contributed by atoms with Crippen LogP contribution in [0.5, 0.6) is 0 Å². The van der Waals surface area contributed by atoms with Crippen LogP contribution in [0.2, 0.25) is 0 Å². The van der Waals surface area contributed by atoms with Crippen LogP contribution in [-0.2, 0) is 9.59 Å². The zero-order chi connectivity index (χ0) is 24.9. The predicted molar refractivity (Wildman–Crippen MR) is 135 cm³/mol. The molecule has 35 heavy (non-hydrogen) atoms. The lowest BCUT2D eigenvalue weighted by Crippen LogP contribution is -2.51. The number of hydrogen-bond donors (Lipinski definition) is 2. The molecular weight excluding hydrogens is 444 g/mol. The van der Waals surface area contributed by atoms with E-state index < -0.39 is 0 Å². The van der Waals surface area contributed by atoms with Crippen LogP contribution in [-0.4, -0.2) is 46.7 Å². The average molecular weight is 479 g/mol. The van der Waals surface area contributed by atoms with E-state index in [1.165, 1.54) is 0 Å². The summed E-state index contributed by atoms with van der Waals surface area (Å²) >= 11 is 0. The van der Waals surface area contributed by atoms with Gasteiger partial charge in [0.05, 0.1) is 17.7 Å². The van der Waals surface area contributed by atoms with Gasteiger partial charge in [0.2, 0.25) is 11.8 Å². The van der Waals surface area contributed by atoms with Crippen LogP contribution in [0.4, 0.5) is 0 Å². The number of amides is 1. The number of rotatable bonds is 11. The number of hydrogen-bond acceptors (Lipinski definition) is 6. The molecule has 1 saturated heterocycles. The summed E-state index contributed by atoms with van der Waals surface area (Å²) in [6, 6.07) is 7.34. The molecule has 4 rings (SSSR count). The average Bonchev–Trinajstić information content (AvgIpc) is 3.29. The Hall–Kier alpha value is -3.26. The Labute approximate surface area is 205 Å². The van der Waals surface area contributed by atoms with Gasteiger partial charge in [0, 0.05) is 38.5 Å². The fraction of sp³-hybridized carbons (Fsp3) is 0.481. The summed E-state index contributed by atoms with van der Waals surface area (Å²) in [7, 11) is 1.79. The van der Waals surface area contributed by atoms with Gasteiger partial charge in [0.1, 0.15) is 11.8 Å². The number of oxazole rings is 1. The molecule has 3 aromatic rings. The summed E-state index contributed by atoms with van der Waals surface area (Å²) in [6.45, 7) is 5.25. The molecule has 0 bridgehead atoms. The number of benzene rings is 1. The van der Waals surface area contributed by atoms with E-state index in [-0.39, 0.29) is 29.2 Å². The van der Waals surface area contributed by atoms with Gasteiger partial charge >= 0.3 is 0 Å². The zero-order valence-electron chi connectivity index (χ0n) is 20.7. The number of Topliss-reactive ketones (excluding diaryl/α,β-unsaturated/α-hetero) is 1. The quantitative estimate of drug-likeness (QED) is 0.401. The molecular formula is C27H34N4O4. The normalized spacial score (nSPS) is 14.6. The summed E-state index contributed by atoms with van der Waals surface area (Å²) in [4.78, 5) is 46.5. The van der Waals surface area contributed by atoms with E-state index in [0.29, 0.717) is 49.6 Å². The van der Waals surface area contributed by atoms with E-state index in [1.54, 1.807) is 18.1 Å². The van der Waals surface area contributed by atoms with Crippen LogP contribution < -0.4 is 10.9 Å². The summed E-state index contributed by atoms with van der Waals surface area (Å²) in [6.07, 6.45) is 5.99. The third-order valence-electron chi connectivity index (χ3n) is 6.85. The number of aromatic nitrogens is 2. The summed E-state index contributed by atoms with van der Waals surface area (Å²) < 4.78 is 6.11. The van der Waals surface area contributed by atoms with Crippen LogP contribution in [0.25, 0.3) is 22.2 Å². The van der Waals surface area contributed by atoms with Crippen molar-refractivity contribution in [2.24, 2.45) is 5.92 Å². The van der Waals surface area contributed by atoms with E-state index in [2.05, 4.69) is 15.3 Å². The standard InChI is InChI=1S/C27H34N4O4/c1-4-20(32)8-6-5-7-9-23(31(3)27(34)19-14-28-15-19)26-29-16-24(35-26)21-13-18-12-17(2)10-11-22(18)30-25(21)33/h10-13,16,19,23,28H,4-9,14-15H2,1-3H3,(H,30,33)/t23-/m0/s1. The van der Waals surface area contributed by atoms with Crippen molar-refractivity contribution in [3.8, 4) is 11.3 Å². The molecule has 2 aromatic heterocycles. The third-order valence-corrected chi connectivity index (χ3v) is 6.85. The van der Waals surface area contributed by atoms with Crippen LogP contribution in [0, 0.1) is 12.8 Å². The number of carbonyl (C=O) groups is 2. The lowest BCUT2D eigenvalue weighted by Gasteiger charge is -2.33. The van der Waals surface area contributed by atoms with Crippen molar-refractivity contribution in [1.29, 1.82) is 0 Å². The first-order valence-electron chi connectivity index (χ1n) is 12.5. The molecule has 1 atom stereocenters. The van der Waals surface area contributed by atoms with Crippen molar-refractivity contribution in [2.75, 3.05) is 20.1 Å². The van der Waals surface area contributed by atoms with Gasteiger partial charge in [0.15, 0.2) is 5.76 Å². The molecule has 1 aliphatic heterocycles. The number of pyridine rings is 1. The highest BCUT2D eigenvalue weighted by Gasteiger charge is 2.33. The second-order valence-electron chi connectivity index (χ2n) is 9.48. The molecule has 0 unspecified atom stereocenters. The van der Waals surface area contributed by atoms with Crippen molar-refractivity contribution in [3.05, 3.63) is 52.3 Å². The molecule has 0 spiro atoms. The second kappa shape index (κ2) is 11.0. The van der Waals surface area contributed by atoms with Crippen LogP contribution in [0.1, 0.15) is 62.9 Å². The largest absolute Gasteiger partial charge is 0.438 e. The first-order chi connectivity index (χ1) is 16.9. The first kappa shape index (κ1) is 24.9. The topological polar surface area (TPSA) is 108 Å². The number of nitrogens with zero attached hydrogens (tertiary/aromatic N) is 2. The molecule has 8 nitrogen and oxygen atoms in total. The molecule has 1 aliphatic rings. The fourth-order valence-corrected chi connectivity index (χ4v) is 4.48. The summed E-state index contributed by atoms with van der Waals surface area (Å²) in [5, 5.41) is 4.06. The van der Waals surface area contributed by atoms with Gasteiger partial charge in [-0.25, -0.2) is 4.98 Å². The summed E-state index contributed by atoms with van der Waals surface area (Å²) in [5.74, 6) is 1.12. The Morgan fingerprint density at radius 1 is 1.20 bits per heavy atom. The Balaban J connectivity index is 1.55. The molecule has 8 heteroatoms. The predicted octanol–water partition coefficient (Wildman–Crippen LogP) is 4.14. The number of carbonyl (C=O) groups excluding carboxylic acids is 2. The Kier molecular flexibility index (Phi) is 7.80. The SMILES string of the molecule is CCC(=O)CCCCC[C@@H](c1ncc(-c2cc3cc(C)ccc3[nH]c2=O)o1)N(C)C(=O)C1CNC1. The molecule has 1 fully saturated rings. The number of H-pyrrole nitrogens is 1. The maximum atomic E-state index is 13.0. The Morgan fingerprint density at radius 2 is 2.00 bits per heavy atom. The highest BCUT2D eigenvalue weighted by Crippen LogP contribution is 2.30. The lowest BCUT2D eigenvalue weighted by molar-refractivity contribution is -0.138. The van der Waals surface area contributed by atoms with E-state index in [1.807, 2.05) is 38.1 Å². The monoisotopic (exact) mass is 478 g/mol. The van der Waals surface area contributed by atoms with Crippen LogP contribution in [0.3, 0.4) is 0 Å². The van der Waals surface area contributed by atoms with Crippen molar-refractivity contribution < 1.29 is 14.0 Å². The smallest absolute Gasteiger partial charge is 0.259 e. The van der Waals surface area contributed by atoms with E-state index in [4.69, 9.17) is 4.42 Å².